The van der Waals surface area contributed by atoms with Crippen LogP contribution in [0.5, 0.6) is 5.88 Å². The number of ether oxygens (including phenoxy) is 1. The number of benzene rings is 1. The minimum absolute atomic E-state index is 0.531. The quantitative estimate of drug-likeness (QED) is 0.887. The molecule has 124 valence electrons. The summed E-state index contributed by atoms with van der Waals surface area (Å²) in [6.07, 6.45) is 1.19. The van der Waals surface area contributed by atoms with Crippen molar-refractivity contribution in [2.75, 3.05) is 20.2 Å². The monoisotopic (exact) mass is 314 g/mol. The molecule has 0 radical (unpaired) electrons. The van der Waals surface area contributed by atoms with Gasteiger partial charge in [-0.3, -0.25) is 4.90 Å². The van der Waals surface area contributed by atoms with Crippen molar-refractivity contribution in [2.45, 2.75) is 32.5 Å². The molecule has 0 saturated carbocycles. The number of hydrogen-bond donors (Lipinski definition) is 1. The minimum Gasteiger partial charge on any atom is -0.481 e. The van der Waals surface area contributed by atoms with E-state index in [2.05, 4.69) is 45.6 Å². The number of aromatic nitrogens is 2. The van der Waals surface area contributed by atoms with Crippen molar-refractivity contribution in [2.24, 2.45) is 7.05 Å². The molecule has 2 aromatic rings. The van der Waals surface area contributed by atoms with E-state index in [1.807, 2.05) is 18.7 Å². The molecule has 0 spiro atoms. The molecular formula is C18H26N4O. The highest BCUT2D eigenvalue weighted by Gasteiger charge is 2.23. The normalized spacial score (nSPS) is 18.5. The molecule has 1 unspecified atom stereocenters. The maximum Gasteiger partial charge on any atom is 0.216 e. The smallest absolute Gasteiger partial charge is 0.216 e. The second-order valence-corrected chi connectivity index (χ2v) is 6.28. The number of likely N-dealkylation sites (tertiary alicyclic amines) is 1. The third-order valence-electron chi connectivity index (χ3n) is 4.57. The van der Waals surface area contributed by atoms with Gasteiger partial charge in [0.25, 0.3) is 0 Å². The number of nitrogens with zero attached hydrogens (tertiary/aromatic N) is 3. The Labute approximate surface area is 138 Å². The van der Waals surface area contributed by atoms with Crippen LogP contribution in [0.3, 0.4) is 0 Å². The van der Waals surface area contributed by atoms with Gasteiger partial charge in [-0.2, -0.15) is 5.10 Å². The summed E-state index contributed by atoms with van der Waals surface area (Å²) in [4.78, 5) is 2.51. The molecule has 5 heteroatoms. The van der Waals surface area contributed by atoms with Crippen LogP contribution in [0.1, 0.15) is 23.2 Å². The second kappa shape index (κ2) is 7.15. The SMILES string of the molecule is COc1c(CNC2CCN(Cc3ccccc3)C2)c(C)nn1C. The van der Waals surface area contributed by atoms with E-state index in [9.17, 15) is 0 Å². The van der Waals surface area contributed by atoms with Crippen LogP contribution in [0.4, 0.5) is 0 Å². The van der Waals surface area contributed by atoms with E-state index >= 15 is 0 Å². The van der Waals surface area contributed by atoms with Crippen LogP contribution >= 0.6 is 0 Å². The highest BCUT2D eigenvalue weighted by molar-refractivity contribution is 5.30. The molecule has 1 N–H and O–H groups in total. The fourth-order valence-corrected chi connectivity index (χ4v) is 3.37. The summed E-state index contributed by atoms with van der Waals surface area (Å²) in [6.45, 7) is 6.13. The number of nitrogens with one attached hydrogen (secondary N) is 1. The zero-order valence-electron chi connectivity index (χ0n) is 14.2. The van der Waals surface area contributed by atoms with Crippen LogP contribution in [0, 0.1) is 6.92 Å². The van der Waals surface area contributed by atoms with E-state index in [0.29, 0.717) is 6.04 Å². The largest absolute Gasteiger partial charge is 0.481 e. The van der Waals surface area contributed by atoms with Crippen molar-refractivity contribution in [1.29, 1.82) is 0 Å². The van der Waals surface area contributed by atoms with Crippen LogP contribution in [0.2, 0.25) is 0 Å². The van der Waals surface area contributed by atoms with Crippen LogP contribution in [0.15, 0.2) is 30.3 Å². The predicted molar refractivity (Wildman–Crippen MR) is 91.5 cm³/mol. The van der Waals surface area contributed by atoms with Gasteiger partial charge in [-0.05, 0) is 18.9 Å². The summed E-state index contributed by atoms with van der Waals surface area (Å²) in [5.41, 5.74) is 3.59. The van der Waals surface area contributed by atoms with Gasteiger partial charge in [-0.1, -0.05) is 30.3 Å². The summed E-state index contributed by atoms with van der Waals surface area (Å²) in [6, 6.07) is 11.2. The highest BCUT2D eigenvalue weighted by atomic mass is 16.5. The lowest BCUT2D eigenvalue weighted by atomic mass is 10.2. The van der Waals surface area contributed by atoms with Gasteiger partial charge in [0.2, 0.25) is 5.88 Å². The Morgan fingerprint density at radius 1 is 1.30 bits per heavy atom. The van der Waals surface area contributed by atoms with E-state index in [4.69, 9.17) is 4.74 Å². The summed E-state index contributed by atoms with van der Waals surface area (Å²) in [7, 11) is 3.63. The molecular weight excluding hydrogens is 288 g/mol. The van der Waals surface area contributed by atoms with Crippen molar-refractivity contribution < 1.29 is 4.74 Å². The van der Waals surface area contributed by atoms with Gasteiger partial charge in [-0.25, -0.2) is 4.68 Å². The van der Waals surface area contributed by atoms with Crippen molar-refractivity contribution in [3.8, 4) is 5.88 Å². The maximum absolute atomic E-state index is 5.46. The molecule has 1 aliphatic rings. The Balaban J connectivity index is 1.53. The molecule has 1 aromatic heterocycles. The maximum atomic E-state index is 5.46. The molecule has 1 atom stereocenters. The summed E-state index contributed by atoms with van der Waals surface area (Å²) in [5.74, 6) is 0.856. The van der Waals surface area contributed by atoms with Crippen LogP contribution < -0.4 is 10.1 Å². The van der Waals surface area contributed by atoms with Crippen molar-refractivity contribution in [3.05, 3.63) is 47.2 Å². The Kier molecular flexibility index (Phi) is 4.98. The second-order valence-electron chi connectivity index (χ2n) is 6.28. The molecule has 5 nitrogen and oxygen atoms in total. The van der Waals surface area contributed by atoms with E-state index < -0.39 is 0 Å². The molecule has 23 heavy (non-hydrogen) atoms. The van der Waals surface area contributed by atoms with Crippen LogP contribution in [-0.2, 0) is 20.1 Å². The molecule has 1 aromatic carbocycles. The summed E-state index contributed by atoms with van der Waals surface area (Å²) < 4.78 is 7.27. The van der Waals surface area contributed by atoms with Gasteiger partial charge in [0.05, 0.1) is 18.4 Å². The van der Waals surface area contributed by atoms with Gasteiger partial charge >= 0.3 is 0 Å². The third kappa shape index (κ3) is 3.74. The van der Waals surface area contributed by atoms with Gasteiger partial charge in [0.1, 0.15) is 0 Å². The first-order valence-electron chi connectivity index (χ1n) is 8.23. The van der Waals surface area contributed by atoms with Crippen molar-refractivity contribution in [3.63, 3.8) is 0 Å². The van der Waals surface area contributed by atoms with E-state index in [1.54, 1.807) is 7.11 Å². The van der Waals surface area contributed by atoms with E-state index in [0.717, 1.165) is 43.3 Å². The minimum atomic E-state index is 0.531. The first-order valence-corrected chi connectivity index (χ1v) is 8.23. The molecule has 2 heterocycles. The Morgan fingerprint density at radius 2 is 2.09 bits per heavy atom. The lowest BCUT2D eigenvalue weighted by Crippen LogP contribution is -2.32. The van der Waals surface area contributed by atoms with E-state index in [1.165, 1.54) is 12.0 Å². The number of methoxy groups -OCH3 is 1. The molecule has 0 aliphatic carbocycles. The molecule has 1 fully saturated rings. The van der Waals surface area contributed by atoms with E-state index in [-0.39, 0.29) is 0 Å². The van der Waals surface area contributed by atoms with Gasteiger partial charge in [0.15, 0.2) is 0 Å². The predicted octanol–water partition coefficient (Wildman–Crippen LogP) is 2.10. The zero-order valence-corrected chi connectivity index (χ0v) is 14.2. The standard InChI is InChI=1S/C18H26N4O/c1-14-17(18(23-3)21(2)20-14)11-19-16-9-10-22(13-16)12-15-7-5-4-6-8-15/h4-8,16,19H,9-13H2,1-3H3. The number of aryl methyl sites for hydroxylation is 2. The third-order valence-corrected chi connectivity index (χ3v) is 4.57. The number of rotatable bonds is 6. The molecule has 3 rings (SSSR count). The van der Waals surface area contributed by atoms with Crippen LogP contribution in [0.25, 0.3) is 0 Å². The lowest BCUT2D eigenvalue weighted by Gasteiger charge is -2.17. The topological polar surface area (TPSA) is 42.3 Å². The average Bonchev–Trinajstić information content (AvgIpc) is 3.10. The van der Waals surface area contributed by atoms with Crippen molar-refractivity contribution in [1.82, 2.24) is 20.0 Å². The summed E-state index contributed by atoms with van der Waals surface area (Å²) >= 11 is 0. The first-order chi connectivity index (χ1) is 11.2. The van der Waals surface area contributed by atoms with Gasteiger partial charge in [0, 0.05) is 39.3 Å². The Morgan fingerprint density at radius 3 is 2.83 bits per heavy atom. The molecule has 0 bridgehead atoms. The molecule has 1 saturated heterocycles. The molecule has 1 aliphatic heterocycles. The zero-order chi connectivity index (χ0) is 16.2. The lowest BCUT2D eigenvalue weighted by molar-refractivity contribution is 0.319. The Bertz CT molecular complexity index is 638. The number of hydrogen-bond acceptors (Lipinski definition) is 4. The fourth-order valence-electron chi connectivity index (χ4n) is 3.37. The first kappa shape index (κ1) is 16.0. The average molecular weight is 314 g/mol. The fraction of sp³-hybridized carbons (Fsp3) is 0.500. The Hall–Kier alpha value is -1.85. The van der Waals surface area contributed by atoms with Crippen molar-refractivity contribution >= 4 is 0 Å². The summed E-state index contributed by atoms with van der Waals surface area (Å²) in [5, 5.41) is 8.11. The van der Waals surface area contributed by atoms with Gasteiger partial charge in [-0.15, -0.1) is 0 Å². The molecule has 0 amide bonds. The van der Waals surface area contributed by atoms with Gasteiger partial charge < -0.3 is 10.1 Å². The highest BCUT2D eigenvalue weighted by Crippen LogP contribution is 2.21. The van der Waals surface area contributed by atoms with Crippen LogP contribution in [-0.4, -0.2) is 40.9 Å².